The van der Waals surface area contributed by atoms with Gasteiger partial charge in [0.2, 0.25) is 0 Å². The van der Waals surface area contributed by atoms with E-state index in [9.17, 15) is 9.59 Å². The number of benzene rings is 2. The van der Waals surface area contributed by atoms with Crippen molar-refractivity contribution >= 4 is 40.6 Å². The van der Waals surface area contributed by atoms with E-state index in [0.717, 1.165) is 5.75 Å². The number of amides is 1. The molecule has 0 spiro atoms. The highest BCUT2D eigenvalue weighted by atomic mass is 32.2. The Labute approximate surface area is 184 Å². The van der Waals surface area contributed by atoms with E-state index in [0.29, 0.717) is 32.8 Å². The smallest absolute Gasteiger partial charge is 0.344 e. The number of thioether (sulfide) groups is 1. The second-order valence-electron chi connectivity index (χ2n) is 6.58. The summed E-state index contributed by atoms with van der Waals surface area (Å²) >= 11 is 1.27. The molecule has 1 amide bonds. The quantitative estimate of drug-likeness (QED) is 0.652. The number of nitrogens with zero attached hydrogens (tertiary/aromatic N) is 2. The number of carbonyl (C=O) groups excluding carboxylic acids is 1. The number of carboxylic acids is 1. The Morgan fingerprint density at radius 2 is 1.84 bits per heavy atom. The monoisotopic (exact) mass is 442 g/mol. The van der Waals surface area contributed by atoms with Crippen LogP contribution in [0.25, 0.3) is 6.08 Å². The summed E-state index contributed by atoms with van der Waals surface area (Å²) in [4.78, 5) is 30.2. The van der Waals surface area contributed by atoms with Crippen LogP contribution in [0.5, 0.6) is 17.2 Å². The number of likely N-dealkylation sites (N-methyl/N-ethyl adjacent to an activating group) is 1. The average molecular weight is 442 g/mol. The number of amidine groups is 1. The number of carboxylic acid groups (broad SMARTS) is 1. The standard InChI is InChI=1S/C22H22N2O6S/c1-13(21(26)27)30-17-10-5-14(11-18(17)29-4)12-19-20(25)24(2)22(31-19)23-15-6-8-16(28-3)9-7-15/h5-13H,1-4H3,(H,26,27)/b19-12+,23-22?/t13-/m0/s1. The molecule has 31 heavy (non-hydrogen) atoms. The molecule has 1 aliphatic rings. The normalized spacial score (nSPS) is 17.2. The van der Waals surface area contributed by atoms with E-state index in [1.54, 1.807) is 50.6 Å². The van der Waals surface area contributed by atoms with E-state index in [4.69, 9.17) is 19.3 Å². The van der Waals surface area contributed by atoms with Crippen LogP contribution in [-0.2, 0) is 9.59 Å². The summed E-state index contributed by atoms with van der Waals surface area (Å²) in [6.07, 6.45) is 0.711. The average Bonchev–Trinajstić information content (AvgIpc) is 3.02. The predicted molar refractivity (Wildman–Crippen MR) is 119 cm³/mol. The molecule has 1 aliphatic heterocycles. The number of hydrogen-bond acceptors (Lipinski definition) is 7. The zero-order valence-electron chi connectivity index (χ0n) is 17.5. The largest absolute Gasteiger partial charge is 0.497 e. The molecule has 1 saturated heterocycles. The van der Waals surface area contributed by atoms with Gasteiger partial charge < -0.3 is 19.3 Å². The van der Waals surface area contributed by atoms with Gasteiger partial charge in [-0.25, -0.2) is 9.79 Å². The summed E-state index contributed by atoms with van der Waals surface area (Å²) in [5, 5.41) is 9.58. The van der Waals surface area contributed by atoms with Crippen LogP contribution in [0.1, 0.15) is 12.5 Å². The second kappa shape index (κ2) is 9.57. The minimum Gasteiger partial charge on any atom is -0.497 e. The fourth-order valence-corrected chi connectivity index (χ4v) is 3.67. The summed E-state index contributed by atoms with van der Waals surface area (Å²) in [5.74, 6) is 0.165. The molecule has 0 unspecified atom stereocenters. The summed E-state index contributed by atoms with van der Waals surface area (Å²) < 4.78 is 15.9. The Kier molecular flexibility index (Phi) is 6.86. The molecule has 0 bridgehead atoms. The highest BCUT2D eigenvalue weighted by molar-refractivity contribution is 8.18. The Morgan fingerprint density at radius 3 is 2.45 bits per heavy atom. The Morgan fingerprint density at radius 1 is 1.13 bits per heavy atom. The molecular weight excluding hydrogens is 420 g/mol. The van der Waals surface area contributed by atoms with Crippen LogP contribution in [-0.4, -0.2) is 54.4 Å². The Hall–Kier alpha value is -3.46. The van der Waals surface area contributed by atoms with Crippen LogP contribution in [0.2, 0.25) is 0 Å². The van der Waals surface area contributed by atoms with Crippen molar-refractivity contribution in [3.63, 3.8) is 0 Å². The molecule has 9 heteroatoms. The summed E-state index contributed by atoms with van der Waals surface area (Å²) in [7, 11) is 4.73. The van der Waals surface area contributed by atoms with E-state index >= 15 is 0 Å². The van der Waals surface area contributed by atoms with E-state index in [2.05, 4.69) is 4.99 Å². The van der Waals surface area contributed by atoms with Crippen LogP contribution >= 0.6 is 11.8 Å². The summed E-state index contributed by atoms with van der Waals surface area (Å²) in [5.41, 5.74) is 1.42. The van der Waals surface area contributed by atoms with Gasteiger partial charge in [-0.05, 0) is 66.7 Å². The maximum absolute atomic E-state index is 12.7. The molecular formula is C22H22N2O6S. The number of aliphatic imine (C=N–C) groups is 1. The van der Waals surface area contributed by atoms with E-state index in [1.165, 1.54) is 30.7 Å². The highest BCUT2D eigenvalue weighted by Gasteiger charge is 2.30. The third-order valence-electron chi connectivity index (χ3n) is 4.44. The van der Waals surface area contributed by atoms with Gasteiger partial charge in [0.25, 0.3) is 5.91 Å². The number of methoxy groups -OCH3 is 2. The number of ether oxygens (including phenoxy) is 3. The van der Waals surface area contributed by atoms with Crippen LogP contribution in [0.4, 0.5) is 5.69 Å². The van der Waals surface area contributed by atoms with Crippen molar-refractivity contribution in [2.45, 2.75) is 13.0 Å². The molecule has 2 aromatic carbocycles. The lowest BCUT2D eigenvalue weighted by atomic mass is 10.2. The van der Waals surface area contributed by atoms with Gasteiger partial charge in [-0.15, -0.1) is 0 Å². The van der Waals surface area contributed by atoms with Crippen LogP contribution in [0, 0.1) is 0 Å². The molecule has 1 heterocycles. The lowest BCUT2D eigenvalue weighted by Gasteiger charge is -2.14. The predicted octanol–water partition coefficient (Wildman–Crippen LogP) is 3.79. The van der Waals surface area contributed by atoms with Crippen molar-refractivity contribution < 1.29 is 28.9 Å². The van der Waals surface area contributed by atoms with Gasteiger partial charge >= 0.3 is 5.97 Å². The topological polar surface area (TPSA) is 97.7 Å². The first-order valence-corrected chi connectivity index (χ1v) is 10.1. The minimum absolute atomic E-state index is 0.170. The van der Waals surface area contributed by atoms with E-state index < -0.39 is 12.1 Å². The molecule has 1 fully saturated rings. The van der Waals surface area contributed by atoms with Gasteiger partial charge in [-0.1, -0.05) is 6.07 Å². The molecule has 0 aliphatic carbocycles. The maximum Gasteiger partial charge on any atom is 0.344 e. The number of rotatable bonds is 7. The van der Waals surface area contributed by atoms with Gasteiger partial charge in [0.1, 0.15) is 5.75 Å². The highest BCUT2D eigenvalue weighted by Crippen LogP contribution is 2.35. The maximum atomic E-state index is 12.7. The van der Waals surface area contributed by atoms with Crippen molar-refractivity contribution in [1.29, 1.82) is 0 Å². The lowest BCUT2D eigenvalue weighted by molar-refractivity contribution is -0.144. The first-order valence-electron chi connectivity index (χ1n) is 9.30. The van der Waals surface area contributed by atoms with Gasteiger partial charge in [0.15, 0.2) is 22.8 Å². The Balaban J connectivity index is 1.83. The molecule has 1 N–H and O–H groups in total. The van der Waals surface area contributed by atoms with Crippen molar-refractivity contribution in [2.75, 3.05) is 21.3 Å². The van der Waals surface area contributed by atoms with Crippen LogP contribution in [0.15, 0.2) is 52.4 Å². The molecule has 1 atom stereocenters. The fraction of sp³-hybridized carbons (Fsp3) is 0.227. The van der Waals surface area contributed by atoms with Crippen molar-refractivity contribution in [3.05, 3.63) is 52.9 Å². The van der Waals surface area contributed by atoms with Crippen molar-refractivity contribution in [3.8, 4) is 17.2 Å². The zero-order chi connectivity index (χ0) is 22.5. The molecule has 8 nitrogen and oxygen atoms in total. The first kappa shape index (κ1) is 22.2. The second-order valence-corrected chi connectivity index (χ2v) is 7.58. The molecule has 0 radical (unpaired) electrons. The summed E-state index contributed by atoms with van der Waals surface area (Å²) in [6.45, 7) is 1.44. The first-order chi connectivity index (χ1) is 14.8. The molecule has 2 aromatic rings. The molecule has 0 aromatic heterocycles. The van der Waals surface area contributed by atoms with E-state index in [-0.39, 0.29) is 5.91 Å². The van der Waals surface area contributed by atoms with Gasteiger partial charge in [-0.2, -0.15) is 0 Å². The van der Waals surface area contributed by atoms with Crippen LogP contribution < -0.4 is 14.2 Å². The number of aliphatic carboxylic acids is 1. The minimum atomic E-state index is -1.08. The van der Waals surface area contributed by atoms with Gasteiger partial charge in [-0.3, -0.25) is 9.69 Å². The van der Waals surface area contributed by atoms with Crippen LogP contribution in [0.3, 0.4) is 0 Å². The molecule has 162 valence electrons. The fourth-order valence-electron chi connectivity index (χ4n) is 2.68. The SMILES string of the molecule is COc1ccc(N=C2S/C(=C/c3ccc(O[C@@H](C)C(=O)O)c(OC)c3)C(=O)N2C)cc1. The van der Waals surface area contributed by atoms with E-state index in [1.807, 2.05) is 12.1 Å². The molecule has 3 rings (SSSR count). The third kappa shape index (κ3) is 5.18. The lowest BCUT2D eigenvalue weighted by Crippen LogP contribution is -2.23. The third-order valence-corrected chi connectivity index (χ3v) is 5.50. The number of hydrogen-bond donors (Lipinski definition) is 1. The van der Waals surface area contributed by atoms with Gasteiger partial charge in [0.05, 0.1) is 24.8 Å². The van der Waals surface area contributed by atoms with Gasteiger partial charge in [0, 0.05) is 7.05 Å². The zero-order valence-corrected chi connectivity index (χ0v) is 18.3. The van der Waals surface area contributed by atoms with Crippen molar-refractivity contribution in [2.24, 2.45) is 4.99 Å². The number of carbonyl (C=O) groups is 2. The van der Waals surface area contributed by atoms with Crippen molar-refractivity contribution in [1.82, 2.24) is 4.90 Å². The molecule has 0 saturated carbocycles. The Bertz CT molecular complexity index is 1050. The summed E-state index contributed by atoms with van der Waals surface area (Å²) in [6, 6.07) is 12.3.